The first-order valence-electron chi connectivity index (χ1n) is 6.97. The molecule has 1 aromatic carbocycles. The number of carbonyl (C=O) groups excluding carboxylic acids is 1. The quantitative estimate of drug-likeness (QED) is 0.880. The number of nitrogens with zero attached hydrogens (tertiary/aromatic N) is 1. The molecule has 4 heteroatoms. The van der Waals surface area contributed by atoms with Crippen molar-refractivity contribution in [1.82, 2.24) is 4.98 Å². The summed E-state index contributed by atoms with van der Waals surface area (Å²) in [7, 11) is 0. The third-order valence-electron chi connectivity index (χ3n) is 3.42. The summed E-state index contributed by atoms with van der Waals surface area (Å²) in [6.07, 6.45) is 1.75. The zero-order chi connectivity index (χ0) is 14.5. The van der Waals surface area contributed by atoms with Gasteiger partial charge in [0.2, 0.25) is 5.91 Å². The maximum Gasteiger partial charge on any atom is 0.227 e. The van der Waals surface area contributed by atoms with E-state index in [1.54, 1.807) is 11.3 Å². The van der Waals surface area contributed by atoms with Crippen LogP contribution in [-0.2, 0) is 4.79 Å². The number of aryl methyl sites for hydroxylation is 1. The maximum atomic E-state index is 12.0. The molecule has 0 saturated carbocycles. The highest BCUT2D eigenvalue weighted by Gasteiger charge is 2.14. The molecule has 1 aromatic heterocycles. The zero-order valence-electron chi connectivity index (χ0n) is 12.1. The van der Waals surface area contributed by atoms with Gasteiger partial charge in [0.1, 0.15) is 0 Å². The lowest BCUT2D eigenvalue weighted by Crippen LogP contribution is -2.21. The van der Waals surface area contributed by atoms with Gasteiger partial charge in [-0.3, -0.25) is 4.79 Å². The van der Waals surface area contributed by atoms with E-state index < -0.39 is 0 Å². The molecule has 0 aliphatic carbocycles. The van der Waals surface area contributed by atoms with Gasteiger partial charge in [-0.15, -0.1) is 11.3 Å². The van der Waals surface area contributed by atoms with E-state index in [0.29, 0.717) is 0 Å². The summed E-state index contributed by atoms with van der Waals surface area (Å²) < 4.78 is 0. The maximum absolute atomic E-state index is 12.0. The van der Waals surface area contributed by atoms with Gasteiger partial charge < -0.3 is 5.32 Å². The number of rotatable bonds is 5. The molecule has 2 aromatic rings. The molecule has 0 atom stereocenters. The average molecular weight is 288 g/mol. The van der Waals surface area contributed by atoms with Crippen LogP contribution in [0.5, 0.6) is 0 Å². The van der Waals surface area contributed by atoms with Crippen molar-refractivity contribution in [2.75, 3.05) is 5.32 Å². The molecule has 2 rings (SSSR count). The van der Waals surface area contributed by atoms with E-state index in [-0.39, 0.29) is 11.8 Å². The number of benzene rings is 1. The van der Waals surface area contributed by atoms with Crippen molar-refractivity contribution in [3.05, 3.63) is 34.7 Å². The topological polar surface area (TPSA) is 42.0 Å². The molecule has 0 spiro atoms. The molecule has 0 aliphatic rings. The van der Waals surface area contributed by atoms with Gasteiger partial charge in [0, 0.05) is 22.5 Å². The summed E-state index contributed by atoms with van der Waals surface area (Å²) in [5.74, 6) is 0.197. The molecule has 0 fully saturated rings. The minimum absolute atomic E-state index is 0.0934. The Labute approximate surface area is 124 Å². The predicted octanol–water partition coefficient (Wildman–Crippen LogP) is 4.49. The van der Waals surface area contributed by atoms with Gasteiger partial charge >= 0.3 is 0 Å². The first-order chi connectivity index (χ1) is 9.63. The standard InChI is InChI=1S/C16H20N2OS/c1-4-12(5-2)16(19)18-14-8-6-13(7-9-14)15-10-20-11(3)17-15/h6-10,12H,4-5H2,1-3H3,(H,18,19). The summed E-state index contributed by atoms with van der Waals surface area (Å²) in [6, 6.07) is 7.86. The minimum atomic E-state index is 0.0934. The van der Waals surface area contributed by atoms with Gasteiger partial charge in [0.05, 0.1) is 10.7 Å². The highest BCUT2D eigenvalue weighted by Crippen LogP contribution is 2.23. The molecule has 0 aliphatic heterocycles. The molecule has 0 bridgehead atoms. The number of nitrogens with one attached hydrogen (secondary N) is 1. The molecule has 1 N–H and O–H groups in total. The number of aromatic nitrogens is 1. The monoisotopic (exact) mass is 288 g/mol. The zero-order valence-corrected chi connectivity index (χ0v) is 13.0. The first kappa shape index (κ1) is 14.7. The Morgan fingerprint density at radius 2 is 1.90 bits per heavy atom. The molecular formula is C16H20N2OS. The third-order valence-corrected chi connectivity index (χ3v) is 4.20. The summed E-state index contributed by atoms with van der Waals surface area (Å²) >= 11 is 1.64. The van der Waals surface area contributed by atoms with Crippen molar-refractivity contribution < 1.29 is 4.79 Å². The van der Waals surface area contributed by atoms with E-state index >= 15 is 0 Å². The molecule has 3 nitrogen and oxygen atoms in total. The molecular weight excluding hydrogens is 268 g/mol. The fourth-order valence-corrected chi connectivity index (χ4v) is 2.75. The fourth-order valence-electron chi connectivity index (χ4n) is 2.12. The van der Waals surface area contributed by atoms with Crippen LogP contribution in [0.15, 0.2) is 29.6 Å². The highest BCUT2D eigenvalue weighted by molar-refractivity contribution is 7.09. The Morgan fingerprint density at radius 3 is 2.40 bits per heavy atom. The highest BCUT2D eigenvalue weighted by atomic mass is 32.1. The van der Waals surface area contributed by atoms with E-state index in [2.05, 4.69) is 10.3 Å². The SMILES string of the molecule is CCC(CC)C(=O)Nc1ccc(-c2csc(C)n2)cc1. The summed E-state index contributed by atoms with van der Waals surface area (Å²) in [4.78, 5) is 16.5. The number of thiazole rings is 1. The van der Waals surface area contributed by atoms with Crippen molar-refractivity contribution in [3.8, 4) is 11.3 Å². The predicted molar refractivity (Wildman–Crippen MR) is 85.0 cm³/mol. The van der Waals surface area contributed by atoms with Gasteiger partial charge in [-0.05, 0) is 31.9 Å². The molecule has 0 saturated heterocycles. The van der Waals surface area contributed by atoms with Gasteiger partial charge in [-0.2, -0.15) is 0 Å². The van der Waals surface area contributed by atoms with Crippen molar-refractivity contribution in [3.63, 3.8) is 0 Å². The van der Waals surface area contributed by atoms with Crippen molar-refractivity contribution >= 4 is 22.9 Å². The smallest absolute Gasteiger partial charge is 0.227 e. The van der Waals surface area contributed by atoms with Crippen LogP contribution in [0, 0.1) is 12.8 Å². The summed E-state index contributed by atoms with van der Waals surface area (Å²) in [5.41, 5.74) is 2.91. The van der Waals surface area contributed by atoms with Crippen molar-refractivity contribution in [2.24, 2.45) is 5.92 Å². The van der Waals surface area contributed by atoms with Crippen LogP contribution in [0.4, 0.5) is 5.69 Å². The minimum Gasteiger partial charge on any atom is -0.326 e. The number of hydrogen-bond donors (Lipinski definition) is 1. The Kier molecular flexibility index (Phi) is 4.90. The molecule has 1 amide bonds. The normalized spacial score (nSPS) is 10.8. The van der Waals surface area contributed by atoms with Crippen LogP contribution in [0.1, 0.15) is 31.7 Å². The van der Waals surface area contributed by atoms with Gasteiger partial charge in [-0.1, -0.05) is 26.0 Å². The van der Waals surface area contributed by atoms with Crippen molar-refractivity contribution in [2.45, 2.75) is 33.6 Å². The number of carbonyl (C=O) groups is 1. The molecule has 20 heavy (non-hydrogen) atoms. The lowest BCUT2D eigenvalue weighted by Gasteiger charge is -2.12. The van der Waals surface area contributed by atoms with Crippen LogP contribution in [0.25, 0.3) is 11.3 Å². The summed E-state index contributed by atoms with van der Waals surface area (Å²) in [6.45, 7) is 6.08. The van der Waals surface area contributed by atoms with Crippen LogP contribution in [0.2, 0.25) is 0 Å². The molecule has 0 radical (unpaired) electrons. The van der Waals surface area contributed by atoms with Crippen molar-refractivity contribution in [1.29, 1.82) is 0 Å². The first-order valence-corrected chi connectivity index (χ1v) is 7.85. The Morgan fingerprint density at radius 1 is 1.25 bits per heavy atom. The second-order valence-electron chi connectivity index (χ2n) is 4.83. The van der Waals surface area contributed by atoms with Gasteiger partial charge in [-0.25, -0.2) is 4.98 Å². The largest absolute Gasteiger partial charge is 0.326 e. The van der Waals surface area contributed by atoms with Crippen LogP contribution >= 0.6 is 11.3 Å². The Bertz CT molecular complexity index is 570. The molecule has 106 valence electrons. The van der Waals surface area contributed by atoms with Gasteiger partial charge in [0.15, 0.2) is 0 Å². The molecule has 1 heterocycles. The number of amides is 1. The number of hydrogen-bond acceptors (Lipinski definition) is 3. The Balaban J connectivity index is 2.07. The summed E-state index contributed by atoms with van der Waals surface area (Å²) in [5, 5.41) is 6.08. The van der Waals surface area contributed by atoms with Crippen LogP contribution in [-0.4, -0.2) is 10.9 Å². The van der Waals surface area contributed by atoms with E-state index in [9.17, 15) is 4.79 Å². The second-order valence-corrected chi connectivity index (χ2v) is 5.89. The lowest BCUT2D eigenvalue weighted by molar-refractivity contribution is -0.120. The van der Waals surface area contributed by atoms with E-state index in [0.717, 1.165) is 34.8 Å². The average Bonchev–Trinajstić information content (AvgIpc) is 2.87. The van der Waals surface area contributed by atoms with E-state index in [4.69, 9.17) is 0 Å². The van der Waals surface area contributed by atoms with Crippen LogP contribution in [0.3, 0.4) is 0 Å². The fraction of sp³-hybridized carbons (Fsp3) is 0.375. The second kappa shape index (κ2) is 6.66. The molecule has 0 unspecified atom stereocenters. The Hall–Kier alpha value is -1.68. The van der Waals surface area contributed by atoms with Gasteiger partial charge in [0.25, 0.3) is 0 Å². The number of anilines is 1. The van der Waals surface area contributed by atoms with E-state index in [1.807, 2.05) is 50.4 Å². The van der Waals surface area contributed by atoms with Crippen LogP contribution < -0.4 is 5.32 Å². The lowest BCUT2D eigenvalue weighted by atomic mass is 10.0. The van der Waals surface area contributed by atoms with E-state index in [1.165, 1.54) is 0 Å². The third kappa shape index (κ3) is 3.45.